The molecule has 0 radical (unpaired) electrons. The average molecular weight is 549 g/mol. The third kappa shape index (κ3) is 5.23. The molecular formula is C27H29ClN8OS. The molecule has 3 aromatic rings. The maximum absolute atomic E-state index is 11.7. The van der Waals surface area contributed by atoms with Crippen molar-refractivity contribution in [2.75, 3.05) is 36.0 Å². The molecule has 9 nitrogen and oxygen atoms in total. The highest BCUT2D eigenvalue weighted by Crippen LogP contribution is 2.51. The zero-order chi connectivity index (χ0) is 26.9. The maximum atomic E-state index is 11.7. The van der Waals surface area contributed by atoms with Gasteiger partial charge in [0, 0.05) is 48.3 Å². The Morgan fingerprint density at radius 3 is 2.76 bits per heavy atom. The van der Waals surface area contributed by atoms with Gasteiger partial charge in [-0.25, -0.2) is 15.0 Å². The van der Waals surface area contributed by atoms with Crippen LogP contribution in [0.15, 0.2) is 46.6 Å². The molecule has 1 fully saturated rings. The summed E-state index contributed by atoms with van der Waals surface area (Å²) in [6, 6.07) is 7.71. The van der Waals surface area contributed by atoms with Crippen LogP contribution in [0.4, 0.5) is 17.5 Å². The second kappa shape index (κ2) is 10.7. The molecule has 5 rings (SSSR count). The van der Waals surface area contributed by atoms with Gasteiger partial charge >= 0.3 is 0 Å². The van der Waals surface area contributed by atoms with Gasteiger partial charge in [-0.3, -0.25) is 4.79 Å². The highest BCUT2D eigenvalue weighted by atomic mass is 35.5. The molecule has 2 aliphatic rings. The Morgan fingerprint density at radius 1 is 1.24 bits per heavy atom. The number of anilines is 3. The van der Waals surface area contributed by atoms with Gasteiger partial charge in [0.15, 0.2) is 5.82 Å². The number of nitrogens with one attached hydrogen (secondary N) is 1. The molecule has 2 aromatic heterocycles. The number of amides is 1. The van der Waals surface area contributed by atoms with Gasteiger partial charge in [0.2, 0.25) is 0 Å². The molecule has 0 saturated carbocycles. The van der Waals surface area contributed by atoms with E-state index in [9.17, 15) is 4.79 Å². The Kier molecular flexibility index (Phi) is 7.34. The lowest BCUT2D eigenvalue weighted by Gasteiger charge is -2.42. The highest BCUT2D eigenvalue weighted by molar-refractivity contribution is 7.99. The number of hydrogen-bond donors (Lipinski definition) is 4. The summed E-state index contributed by atoms with van der Waals surface area (Å²) in [5, 5.41) is 3.73. The molecule has 1 spiro atoms. The van der Waals surface area contributed by atoms with Crippen molar-refractivity contribution in [2.45, 2.75) is 42.1 Å². The Hall–Kier alpha value is -3.52. The molecule has 1 amide bonds. The predicted molar refractivity (Wildman–Crippen MR) is 151 cm³/mol. The van der Waals surface area contributed by atoms with Crippen LogP contribution in [-0.4, -0.2) is 40.5 Å². The normalized spacial score (nSPS) is 17.6. The molecule has 3 heterocycles. The van der Waals surface area contributed by atoms with Gasteiger partial charge in [0.1, 0.15) is 16.7 Å². The topological polar surface area (TPSA) is 149 Å². The van der Waals surface area contributed by atoms with Gasteiger partial charge in [0.25, 0.3) is 5.91 Å². The SMILES string of the molecule is CCNC(=O)C#Cc1ccc2c(c1)[C@@H](N)C1(CCN(c3cnc(Sc4cc(N)ncc4Cl)c(N)n3)CC1)C2. The first-order chi connectivity index (χ1) is 18.3. The van der Waals surface area contributed by atoms with E-state index in [4.69, 9.17) is 28.8 Å². The standard InChI is InChI=1S/C27H29ClN8OS/c1-2-32-23(37)6-4-16-3-5-17-13-27(24(30)18(17)11-16)7-9-36(10-8-27)22-15-34-26(25(31)35-22)38-20-12-21(29)33-14-19(20)28/h3,5,11-12,14-15,24H,2,7-10,13,30H2,1H3,(H2,29,33)(H2,31,35)(H,32,37)/t24-/m1/s1. The zero-order valence-electron chi connectivity index (χ0n) is 21.0. The van der Waals surface area contributed by atoms with Crippen LogP contribution in [0.25, 0.3) is 0 Å². The average Bonchev–Trinajstić information content (AvgIpc) is 3.17. The number of benzene rings is 1. The Labute approximate surface area is 230 Å². The van der Waals surface area contributed by atoms with Crippen LogP contribution in [-0.2, 0) is 11.2 Å². The molecule has 38 heavy (non-hydrogen) atoms. The first-order valence-corrected chi connectivity index (χ1v) is 13.6. The number of piperidine rings is 1. The van der Waals surface area contributed by atoms with Crippen LogP contribution in [0.3, 0.4) is 0 Å². The number of rotatable bonds is 4. The second-order valence-electron chi connectivity index (χ2n) is 9.59. The van der Waals surface area contributed by atoms with Crippen LogP contribution >= 0.6 is 23.4 Å². The van der Waals surface area contributed by atoms with Gasteiger partial charge in [-0.2, -0.15) is 0 Å². The molecule has 1 atom stereocenters. The van der Waals surface area contributed by atoms with Crippen LogP contribution in [0, 0.1) is 17.3 Å². The van der Waals surface area contributed by atoms with E-state index in [2.05, 4.69) is 43.1 Å². The lowest BCUT2D eigenvalue weighted by molar-refractivity contribution is -0.115. The Morgan fingerprint density at radius 2 is 2.03 bits per heavy atom. The third-order valence-electron chi connectivity index (χ3n) is 7.22. The molecule has 0 bridgehead atoms. The number of fused-ring (bicyclic) bond motifs is 1. The molecule has 7 N–H and O–H groups in total. The largest absolute Gasteiger partial charge is 0.384 e. The fraction of sp³-hybridized carbons (Fsp3) is 0.333. The number of carbonyl (C=O) groups excluding carboxylic acids is 1. The van der Waals surface area contributed by atoms with Gasteiger partial charge in [-0.1, -0.05) is 35.3 Å². The van der Waals surface area contributed by atoms with E-state index in [0.717, 1.165) is 54.2 Å². The molecule has 11 heteroatoms. The number of aromatic nitrogens is 3. The van der Waals surface area contributed by atoms with Crippen LogP contribution in [0.1, 0.15) is 42.5 Å². The highest BCUT2D eigenvalue weighted by Gasteiger charge is 2.46. The van der Waals surface area contributed by atoms with Crippen LogP contribution < -0.4 is 27.4 Å². The number of carbonyl (C=O) groups is 1. The number of pyridine rings is 1. The molecule has 0 unspecified atom stereocenters. The van der Waals surface area contributed by atoms with Crippen LogP contribution in [0.5, 0.6) is 0 Å². The fourth-order valence-corrected chi connectivity index (χ4v) is 6.19. The van der Waals surface area contributed by atoms with Crippen molar-refractivity contribution < 1.29 is 4.79 Å². The molecular weight excluding hydrogens is 520 g/mol. The van der Waals surface area contributed by atoms with Crippen molar-refractivity contribution in [3.05, 3.63) is 58.4 Å². The second-order valence-corrected chi connectivity index (χ2v) is 11.0. The summed E-state index contributed by atoms with van der Waals surface area (Å²) in [6.07, 6.45) is 6.03. The number of halogens is 1. The van der Waals surface area contributed by atoms with Gasteiger partial charge < -0.3 is 27.4 Å². The Balaban J connectivity index is 1.26. The van der Waals surface area contributed by atoms with Crippen molar-refractivity contribution in [1.29, 1.82) is 0 Å². The van der Waals surface area contributed by atoms with E-state index in [1.807, 2.05) is 19.1 Å². The molecule has 196 valence electrons. The van der Waals surface area contributed by atoms with Gasteiger partial charge in [-0.05, 0) is 60.9 Å². The summed E-state index contributed by atoms with van der Waals surface area (Å²) >= 11 is 7.55. The summed E-state index contributed by atoms with van der Waals surface area (Å²) in [7, 11) is 0. The minimum Gasteiger partial charge on any atom is -0.384 e. The summed E-state index contributed by atoms with van der Waals surface area (Å²) in [6.45, 7) is 4.03. The molecule has 1 aliphatic heterocycles. The van der Waals surface area contributed by atoms with Crippen molar-refractivity contribution in [2.24, 2.45) is 11.1 Å². The maximum Gasteiger partial charge on any atom is 0.296 e. The molecule has 1 aromatic carbocycles. The number of nitrogen functional groups attached to an aromatic ring is 2. The summed E-state index contributed by atoms with van der Waals surface area (Å²) in [5.41, 5.74) is 22.1. The number of nitrogens with two attached hydrogens (primary N) is 3. The number of hydrogen-bond acceptors (Lipinski definition) is 9. The quantitative estimate of drug-likeness (QED) is 0.360. The third-order valence-corrected chi connectivity index (χ3v) is 8.70. The zero-order valence-corrected chi connectivity index (χ0v) is 22.6. The minimum atomic E-state index is -0.276. The molecule has 1 aliphatic carbocycles. The lowest BCUT2D eigenvalue weighted by Crippen LogP contribution is -2.44. The summed E-state index contributed by atoms with van der Waals surface area (Å²) < 4.78 is 0. The van der Waals surface area contributed by atoms with Crippen molar-refractivity contribution in [3.8, 4) is 11.8 Å². The van der Waals surface area contributed by atoms with Gasteiger partial charge in [-0.15, -0.1) is 0 Å². The van der Waals surface area contributed by atoms with E-state index in [1.54, 1.807) is 12.3 Å². The smallest absolute Gasteiger partial charge is 0.296 e. The number of nitrogens with zero attached hydrogens (tertiary/aromatic N) is 4. The van der Waals surface area contributed by atoms with E-state index >= 15 is 0 Å². The summed E-state index contributed by atoms with van der Waals surface area (Å²) in [5.74, 6) is 6.78. The van der Waals surface area contributed by atoms with Crippen molar-refractivity contribution >= 4 is 46.7 Å². The van der Waals surface area contributed by atoms with E-state index in [0.29, 0.717) is 28.2 Å². The Bertz CT molecular complexity index is 1440. The van der Waals surface area contributed by atoms with E-state index in [-0.39, 0.29) is 17.4 Å². The summed E-state index contributed by atoms with van der Waals surface area (Å²) in [4.78, 5) is 27.8. The minimum absolute atomic E-state index is 0.0166. The van der Waals surface area contributed by atoms with Crippen molar-refractivity contribution in [3.63, 3.8) is 0 Å². The van der Waals surface area contributed by atoms with Crippen molar-refractivity contribution in [1.82, 2.24) is 20.3 Å². The van der Waals surface area contributed by atoms with Crippen LogP contribution in [0.2, 0.25) is 5.02 Å². The van der Waals surface area contributed by atoms with Gasteiger partial charge in [0.05, 0.1) is 11.2 Å². The monoisotopic (exact) mass is 548 g/mol. The van der Waals surface area contributed by atoms with E-state index < -0.39 is 0 Å². The fourth-order valence-electron chi connectivity index (χ4n) is 5.18. The first-order valence-electron chi connectivity index (χ1n) is 12.4. The van der Waals surface area contributed by atoms with E-state index in [1.165, 1.54) is 23.5 Å². The first kappa shape index (κ1) is 26.1. The molecule has 1 saturated heterocycles. The predicted octanol–water partition coefficient (Wildman–Crippen LogP) is 3.17. The lowest BCUT2D eigenvalue weighted by atomic mass is 9.73.